The summed E-state index contributed by atoms with van der Waals surface area (Å²) >= 11 is 0. The van der Waals surface area contributed by atoms with Crippen LogP contribution in [0.4, 0.5) is 10.5 Å². The van der Waals surface area contributed by atoms with Crippen LogP contribution in [0.15, 0.2) is 71.6 Å². The lowest BCUT2D eigenvalue weighted by molar-refractivity contribution is 0.0641. The van der Waals surface area contributed by atoms with Crippen LogP contribution >= 0.6 is 0 Å². The van der Waals surface area contributed by atoms with Crippen molar-refractivity contribution in [2.45, 2.75) is 26.0 Å². The molecule has 2 aliphatic rings. The van der Waals surface area contributed by atoms with E-state index in [1.54, 1.807) is 12.3 Å². The van der Waals surface area contributed by atoms with Gasteiger partial charge in [0.15, 0.2) is 6.39 Å². The van der Waals surface area contributed by atoms with Crippen LogP contribution in [0.1, 0.15) is 29.7 Å². The minimum Gasteiger partial charge on any atom is -0.447 e. The maximum Gasteiger partial charge on any atom is 0.324 e. The Morgan fingerprint density at radius 3 is 2.63 bits per heavy atom. The molecule has 9 heteroatoms. The number of rotatable bonds is 10. The third kappa shape index (κ3) is 6.59. The largest absolute Gasteiger partial charge is 0.447 e. The maximum atomic E-state index is 13.7. The van der Waals surface area contributed by atoms with Gasteiger partial charge in [0.05, 0.1) is 26.0 Å². The van der Waals surface area contributed by atoms with Gasteiger partial charge in [-0.25, -0.2) is 9.78 Å². The highest BCUT2D eigenvalue weighted by molar-refractivity contribution is 5.98. The number of aromatic nitrogens is 1. The number of carbonyl (C=O) groups is 1. The van der Waals surface area contributed by atoms with Gasteiger partial charge in [0.25, 0.3) is 0 Å². The zero-order valence-electron chi connectivity index (χ0n) is 21.7. The number of ether oxygens (including phenoxy) is 1. The fraction of sp³-hybridized carbons (Fsp3) is 0.414. The molecule has 0 radical (unpaired) electrons. The predicted molar refractivity (Wildman–Crippen MR) is 146 cm³/mol. The molecule has 2 amide bonds. The maximum absolute atomic E-state index is 13.7. The van der Waals surface area contributed by atoms with Crippen molar-refractivity contribution in [3.63, 3.8) is 0 Å². The third-order valence-corrected chi connectivity index (χ3v) is 7.40. The monoisotopic (exact) mass is 516 g/mol. The van der Waals surface area contributed by atoms with Crippen molar-refractivity contribution >= 4 is 17.6 Å². The summed E-state index contributed by atoms with van der Waals surface area (Å²) in [5, 5.41) is 7.83. The molecular weight excluding hydrogens is 480 g/mol. The molecule has 3 heterocycles. The summed E-state index contributed by atoms with van der Waals surface area (Å²) in [6.45, 7) is 5.81. The lowest BCUT2D eigenvalue weighted by Gasteiger charge is -2.42. The fourth-order valence-electron chi connectivity index (χ4n) is 5.37. The first-order valence-electron chi connectivity index (χ1n) is 13.3. The summed E-state index contributed by atoms with van der Waals surface area (Å²) in [7, 11) is 0. The van der Waals surface area contributed by atoms with Crippen LogP contribution in [0.2, 0.25) is 0 Å². The van der Waals surface area contributed by atoms with Crippen LogP contribution in [0.25, 0.3) is 0 Å². The number of amidine groups is 1. The van der Waals surface area contributed by atoms with Crippen molar-refractivity contribution in [2.24, 2.45) is 17.6 Å². The van der Waals surface area contributed by atoms with E-state index in [0.717, 1.165) is 56.0 Å². The van der Waals surface area contributed by atoms with Crippen LogP contribution < -0.4 is 10.6 Å². The van der Waals surface area contributed by atoms with Gasteiger partial charge in [-0.3, -0.25) is 15.2 Å². The van der Waals surface area contributed by atoms with Crippen LogP contribution in [0, 0.1) is 17.2 Å². The number of hydrogen-bond acceptors (Lipinski definition) is 6. The minimum atomic E-state index is -0.00648. The van der Waals surface area contributed by atoms with Crippen LogP contribution in [-0.4, -0.2) is 66.0 Å². The molecule has 200 valence electrons. The van der Waals surface area contributed by atoms with Gasteiger partial charge in [-0.15, -0.1) is 0 Å². The smallest absolute Gasteiger partial charge is 0.324 e. The Kier molecular flexibility index (Phi) is 8.35. The molecule has 3 N–H and O–H groups in total. The van der Waals surface area contributed by atoms with E-state index in [0.29, 0.717) is 37.8 Å². The van der Waals surface area contributed by atoms with E-state index in [1.165, 1.54) is 6.39 Å². The predicted octanol–water partition coefficient (Wildman–Crippen LogP) is 3.95. The van der Waals surface area contributed by atoms with Crippen LogP contribution in [-0.2, 0) is 17.9 Å². The highest BCUT2D eigenvalue weighted by Gasteiger charge is 2.35. The van der Waals surface area contributed by atoms with Crippen LogP contribution in [0.5, 0.6) is 0 Å². The first kappa shape index (κ1) is 25.9. The SMILES string of the molecule is N=C(N)c1cccc(N2CC(COCc3ccccc3)CN(CC3CCN(Cc4cnco4)CC3)C2=O)c1. The summed E-state index contributed by atoms with van der Waals surface area (Å²) in [5.41, 5.74) is 8.25. The van der Waals surface area contributed by atoms with E-state index in [1.807, 2.05) is 46.2 Å². The number of nitrogens with two attached hydrogens (primary N) is 1. The number of urea groups is 1. The molecule has 2 aromatic carbocycles. The summed E-state index contributed by atoms with van der Waals surface area (Å²) < 4.78 is 11.5. The summed E-state index contributed by atoms with van der Waals surface area (Å²) in [5.74, 6) is 1.49. The van der Waals surface area contributed by atoms with E-state index in [4.69, 9.17) is 20.3 Å². The number of benzene rings is 2. The molecule has 9 nitrogen and oxygen atoms in total. The van der Waals surface area contributed by atoms with E-state index < -0.39 is 0 Å². The van der Waals surface area contributed by atoms with Gasteiger partial charge in [0.1, 0.15) is 11.6 Å². The van der Waals surface area contributed by atoms with Gasteiger partial charge < -0.3 is 19.8 Å². The lowest BCUT2D eigenvalue weighted by Crippen LogP contribution is -2.56. The fourth-order valence-corrected chi connectivity index (χ4v) is 5.37. The molecule has 0 bridgehead atoms. The van der Waals surface area contributed by atoms with Crippen molar-refractivity contribution in [1.82, 2.24) is 14.8 Å². The average Bonchev–Trinajstić information content (AvgIpc) is 3.45. The minimum absolute atomic E-state index is 0.00648. The second-order valence-electron chi connectivity index (χ2n) is 10.3. The zero-order valence-corrected chi connectivity index (χ0v) is 21.7. The highest BCUT2D eigenvalue weighted by atomic mass is 16.5. The van der Waals surface area contributed by atoms with E-state index in [9.17, 15) is 4.79 Å². The van der Waals surface area contributed by atoms with Gasteiger partial charge in [-0.2, -0.15) is 0 Å². The third-order valence-electron chi connectivity index (χ3n) is 7.40. The summed E-state index contributed by atoms with van der Waals surface area (Å²) in [6, 6.07) is 17.5. The number of likely N-dealkylation sites (tertiary alicyclic amines) is 1. The molecule has 0 saturated carbocycles. The molecule has 0 aliphatic carbocycles. The first-order valence-corrected chi connectivity index (χ1v) is 13.3. The van der Waals surface area contributed by atoms with Crippen LogP contribution in [0.3, 0.4) is 0 Å². The van der Waals surface area contributed by atoms with Gasteiger partial charge in [0.2, 0.25) is 0 Å². The lowest BCUT2D eigenvalue weighted by atomic mass is 9.95. The number of nitrogens with zero attached hydrogens (tertiary/aromatic N) is 4. The number of oxazole rings is 1. The Hall–Kier alpha value is -3.69. The van der Waals surface area contributed by atoms with Gasteiger partial charge in [0, 0.05) is 36.8 Å². The average molecular weight is 517 g/mol. The van der Waals surface area contributed by atoms with Gasteiger partial charge in [-0.05, 0) is 49.5 Å². The number of nitrogen functional groups attached to an aromatic ring is 1. The molecule has 1 aromatic heterocycles. The summed E-state index contributed by atoms with van der Waals surface area (Å²) in [4.78, 5) is 23.9. The molecule has 1 atom stereocenters. The Labute approximate surface area is 223 Å². The molecule has 2 aliphatic heterocycles. The molecule has 38 heavy (non-hydrogen) atoms. The quantitative estimate of drug-likeness (QED) is 0.312. The highest BCUT2D eigenvalue weighted by Crippen LogP contribution is 2.27. The summed E-state index contributed by atoms with van der Waals surface area (Å²) in [6.07, 6.45) is 5.32. The second-order valence-corrected chi connectivity index (χ2v) is 10.3. The van der Waals surface area contributed by atoms with Crippen molar-refractivity contribution in [2.75, 3.05) is 44.2 Å². The molecule has 2 fully saturated rings. The number of carbonyl (C=O) groups excluding carboxylic acids is 1. The molecule has 2 saturated heterocycles. The van der Waals surface area contributed by atoms with Crippen molar-refractivity contribution in [3.8, 4) is 0 Å². The Morgan fingerprint density at radius 1 is 1.08 bits per heavy atom. The number of piperidine rings is 1. The first-order chi connectivity index (χ1) is 18.5. The Morgan fingerprint density at radius 2 is 1.89 bits per heavy atom. The van der Waals surface area contributed by atoms with E-state index in [2.05, 4.69) is 22.0 Å². The van der Waals surface area contributed by atoms with Gasteiger partial charge in [-0.1, -0.05) is 42.5 Å². The number of nitrogens with one attached hydrogen (secondary N) is 1. The van der Waals surface area contributed by atoms with Gasteiger partial charge >= 0.3 is 6.03 Å². The Balaban J connectivity index is 1.24. The number of hydrogen-bond donors (Lipinski definition) is 2. The molecule has 3 aromatic rings. The second kappa shape index (κ2) is 12.2. The molecular formula is C29H36N6O3. The van der Waals surface area contributed by atoms with Crippen molar-refractivity contribution in [1.29, 1.82) is 5.41 Å². The number of amides is 2. The normalized spacial score (nSPS) is 19.2. The Bertz CT molecular complexity index is 1190. The van der Waals surface area contributed by atoms with Crippen molar-refractivity contribution < 1.29 is 13.9 Å². The van der Waals surface area contributed by atoms with E-state index in [-0.39, 0.29) is 17.8 Å². The number of anilines is 1. The molecule has 5 rings (SSSR count). The standard InChI is InChI=1S/C29H36N6O3/c30-28(31)25-7-4-8-26(13-25)35-17-24(20-37-19-23-5-2-1-3-6-23)16-34(29(35)36)15-22-9-11-33(12-10-22)18-27-14-32-21-38-27/h1-8,13-14,21-22,24H,9-12,15-20H2,(H3,30,31). The molecule has 0 spiro atoms. The molecule has 1 unspecified atom stereocenters. The van der Waals surface area contributed by atoms with Crippen molar-refractivity contribution in [3.05, 3.63) is 84.1 Å². The van der Waals surface area contributed by atoms with E-state index >= 15 is 0 Å². The topological polar surface area (TPSA) is 112 Å². The zero-order chi connectivity index (χ0) is 26.3.